The Balaban J connectivity index is 1.73. The topological polar surface area (TPSA) is 102 Å². The third-order valence-electron chi connectivity index (χ3n) is 5.07. The molecule has 0 radical (unpaired) electrons. The standard InChI is InChI=1S/C21H23FN2O6S/c1-29-18-10-7-16(22)12-19(18)31(27,28)24-11-3-4-15(13-24)20(25)23-17-8-5-14(6-9-17)21(26)30-2/h5-10,12,15H,3-4,11,13H2,1-2H3,(H,23,25)/t15-/m1/s1. The number of carbonyl (C=O) groups is 2. The molecule has 1 heterocycles. The van der Waals surface area contributed by atoms with Gasteiger partial charge in [0.05, 0.1) is 25.7 Å². The number of anilines is 1. The lowest BCUT2D eigenvalue weighted by Gasteiger charge is -2.31. The highest BCUT2D eigenvalue weighted by Gasteiger charge is 2.35. The number of amides is 1. The van der Waals surface area contributed by atoms with Crippen molar-refractivity contribution >= 4 is 27.6 Å². The average molecular weight is 450 g/mol. The van der Waals surface area contributed by atoms with Crippen molar-refractivity contribution in [1.29, 1.82) is 0 Å². The molecule has 10 heteroatoms. The second-order valence-electron chi connectivity index (χ2n) is 7.06. The Hall–Kier alpha value is -2.98. The monoisotopic (exact) mass is 450 g/mol. The fraction of sp³-hybridized carbons (Fsp3) is 0.333. The van der Waals surface area contributed by atoms with Gasteiger partial charge in [0.15, 0.2) is 0 Å². The zero-order valence-electron chi connectivity index (χ0n) is 17.1. The van der Waals surface area contributed by atoms with Crippen LogP contribution < -0.4 is 10.1 Å². The molecule has 1 N–H and O–H groups in total. The number of methoxy groups -OCH3 is 2. The molecule has 1 fully saturated rings. The van der Waals surface area contributed by atoms with Crippen LogP contribution in [0.25, 0.3) is 0 Å². The molecule has 0 aliphatic carbocycles. The third kappa shape index (κ3) is 5.02. The summed E-state index contributed by atoms with van der Waals surface area (Å²) in [6.45, 7) is 0.188. The highest BCUT2D eigenvalue weighted by Crippen LogP contribution is 2.30. The summed E-state index contributed by atoms with van der Waals surface area (Å²) in [6.07, 6.45) is 0.995. The van der Waals surface area contributed by atoms with Gasteiger partial charge in [-0.2, -0.15) is 4.31 Å². The largest absolute Gasteiger partial charge is 0.495 e. The van der Waals surface area contributed by atoms with Crippen LogP contribution in [0.15, 0.2) is 47.4 Å². The minimum absolute atomic E-state index is 0.0337. The van der Waals surface area contributed by atoms with Gasteiger partial charge in [0.25, 0.3) is 0 Å². The van der Waals surface area contributed by atoms with E-state index < -0.39 is 27.7 Å². The van der Waals surface area contributed by atoms with Crippen LogP contribution in [0.4, 0.5) is 10.1 Å². The Kier molecular flexibility index (Phi) is 6.91. The molecule has 8 nitrogen and oxygen atoms in total. The van der Waals surface area contributed by atoms with Crippen LogP contribution in [0.1, 0.15) is 23.2 Å². The average Bonchev–Trinajstić information content (AvgIpc) is 2.79. The van der Waals surface area contributed by atoms with E-state index in [-0.39, 0.29) is 29.6 Å². The molecule has 2 aromatic carbocycles. The molecular formula is C21H23FN2O6S. The number of esters is 1. The highest BCUT2D eigenvalue weighted by molar-refractivity contribution is 7.89. The van der Waals surface area contributed by atoms with Crippen molar-refractivity contribution in [3.8, 4) is 5.75 Å². The maximum absolute atomic E-state index is 13.7. The molecule has 1 amide bonds. The van der Waals surface area contributed by atoms with E-state index in [0.717, 1.165) is 12.1 Å². The lowest BCUT2D eigenvalue weighted by molar-refractivity contribution is -0.120. The normalized spacial score (nSPS) is 17.1. The van der Waals surface area contributed by atoms with Crippen LogP contribution in [0, 0.1) is 11.7 Å². The van der Waals surface area contributed by atoms with Gasteiger partial charge in [0.1, 0.15) is 16.5 Å². The number of carbonyl (C=O) groups excluding carboxylic acids is 2. The van der Waals surface area contributed by atoms with Gasteiger partial charge >= 0.3 is 5.97 Å². The number of nitrogens with one attached hydrogen (secondary N) is 1. The molecule has 0 unspecified atom stereocenters. The molecule has 31 heavy (non-hydrogen) atoms. The van der Waals surface area contributed by atoms with E-state index in [1.54, 1.807) is 12.1 Å². The molecule has 0 bridgehead atoms. The van der Waals surface area contributed by atoms with E-state index in [1.807, 2.05) is 0 Å². The summed E-state index contributed by atoms with van der Waals surface area (Å²) in [5, 5.41) is 2.74. The minimum atomic E-state index is -4.05. The Morgan fingerprint density at radius 3 is 2.48 bits per heavy atom. The molecule has 3 rings (SSSR count). The first kappa shape index (κ1) is 22.7. The number of benzene rings is 2. The highest BCUT2D eigenvalue weighted by atomic mass is 32.2. The molecule has 1 aliphatic heterocycles. The first-order valence-corrected chi connectivity index (χ1v) is 11.0. The van der Waals surface area contributed by atoms with Crippen LogP contribution in [0.5, 0.6) is 5.75 Å². The zero-order chi connectivity index (χ0) is 22.6. The summed E-state index contributed by atoms with van der Waals surface area (Å²) in [6, 6.07) is 9.48. The number of halogens is 1. The number of sulfonamides is 1. The van der Waals surface area contributed by atoms with Gasteiger partial charge in [-0.15, -0.1) is 0 Å². The van der Waals surface area contributed by atoms with E-state index in [1.165, 1.54) is 36.7 Å². The maximum atomic E-state index is 13.7. The molecule has 1 aliphatic rings. The van der Waals surface area contributed by atoms with Crippen molar-refractivity contribution < 1.29 is 31.9 Å². The Labute approximate surface area is 180 Å². The van der Waals surface area contributed by atoms with E-state index in [9.17, 15) is 22.4 Å². The minimum Gasteiger partial charge on any atom is -0.495 e. The van der Waals surface area contributed by atoms with Crippen molar-refractivity contribution in [2.75, 3.05) is 32.6 Å². The van der Waals surface area contributed by atoms with Gasteiger partial charge in [0.2, 0.25) is 15.9 Å². The van der Waals surface area contributed by atoms with Crippen LogP contribution >= 0.6 is 0 Å². The Morgan fingerprint density at radius 2 is 1.84 bits per heavy atom. The van der Waals surface area contributed by atoms with Crippen LogP contribution in [0.3, 0.4) is 0 Å². The van der Waals surface area contributed by atoms with Crippen molar-refractivity contribution in [3.63, 3.8) is 0 Å². The predicted octanol–water partition coefficient (Wildman–Crippen LogP) is 2.66. The van der Waals surface area contributed by atoms with Crippen LogP contribution in [0.2, 0.25) is 0 Å². The quantitative estimate of drug-likeness (QED) is 0.679. The summed E-state index contributed by atoms with van der Waals surface area (Å²) in [5.74, 6) is -2.06. The van der Waals surface area contributed by atoms with Gasteiger partial charge in [-0.3, -0.25) is 4.79 Å². The second kappa shape index (κ2) is 9.44. The van der Waals surface area contributed by atoms with E-state index in [0.29, 0.717) is 24.1 Å². The Morgan fingerprint density at radius 1 is 1.13 bits per heavy atom. The van der Waals surface area contributed by atoms with Crippen molar-refractivity contribution in [2.24, 2.45) is 5.92 Å². The molecule has 1 atom stereocenters. The smallest absolute Gasteiger partial charge is 0.337 e. The number of hydrogen-bond donors (Lipinski definition) is 1. The number of ether oxygens (including phenoxy) is 2. The van der Waals surface area contributed by atoms with Gasteiger partial charge < -0.3 is 14.8 Å². The van der Waals surface area contributed by atoms with E-state index in [4.69, 9.17) is 4.74 Å². The number of piperidine rings is 1. The van der Waals surface area contributed by atoms with Gasteiger partial charge in [-0.25, -0.2) is 17.6 Å². The maximum Gasteiger partial charge on any atom is 0.337 e. The van der Waals surface area contributed by atoms with Crippen molar-refractivity contribution in [2.45, 2.75) is 17.7 Å². The fourth-order valence-corrected chi connectivity index (χ4v) is 5.11. The first-order chi connectivity index (χ1) is 14.8. The number of rotatable bonds is 6. The zero-order valence-corrected chi connectivity index (χ0v) is 17.9. The SMILES string of the molecule is COC(=O)c1ccc(NC(=O)[C@@H]2CCCN(S(=O)(=O)c3cc(F)ccc3OC)C2)cc1. The molecule has 166 valence electrons. The molecule has 0 aromatic heterocycles. The van der Waals surface area contributed by atoms with Crippen molar-refractivity contribution in [1.82, 2.24) is 4.31 Å². The summed E-state index contributed by atoms with van der Waals surface area (Å²) in [7, 11) is -1.46. The lowest BCUT2D eigenvalue weighted by atomic mass is 9.98. The molecule has 0 spiro atoms. The first-order valence-electron chi connectivity index (χ1n) is 9.59. The summed E-state index contributed by atoms with van der Waals surface area (Å²) in [5.41, 5.74) is 0.823. The number of hydrogen-bond acceptors (Lipinski definition) is 6. The predicted molar refractivity (Wildman–Crippen MR) is 111 cm³/mol. The molecule has 2 aromatic rings. The third-order valence-corrected chi connectivity index (χ3v) is 6.96. The molecule has 0 saturated carbocycles. The molecular weight excluding hydrogens is 427 g/mol. The number of nitrogens with zero attached hydrogens (tertiary/aromatic N) is 1. The lowest BCUT2D eigenvalue weighted by Crippen LogP contribution is -2.43. The van der Waals surface area contributed by atoms with Crippen LogP contribution in [-0.2, 0) is 19.6 Å². The summed E-state index contributed by atoms with van der Waals surface area (Å²) in [4.78, 5) is 24.0. The summed E-state index contributed by atoms with van der Waals surface area (Å²) < 4.78 is 50.8. The fourth-order valence-electron chi connectivity index (χ4n) is 3.42. The van der Waals surface area contributed by atoms with E-state index >= 15 is 0 Å². The second-order valence-corrected chi connectivity index (χ2v) is 8.96. The van der Waals surface area contributed by atoms with E-state index in [2.05, 4.69) is 10.1 Å². The van der Waals surface area contributed by atoms with Crippen LogP contribution in [-0.4, -0.2) is 51.9 Å². The van der Waals surface area contributed by atoms with Gasteiger partial charge in [-0.1, -0.05) is 0 Å². The van der Waals surface area contributed by atoms with Gasteiger partial charge in [-0.05, 0) is 55.3 Å². The molecule has 1 saturated heterocycles. The van der Waals surface area contributed by atoms with Crippen molar-refractivity contribution in [3.05, 3.63) is 53.8 Å². The van der Waals surface area contributed by atoms with Gasteiger partial charge in [0, 0.05) is 18.8 Å². The Bertz CT molecular complexity index is 1070. The summed E-state index contributed by atoms with van der Waals surface area (Å²) >= 11 is 0.